The highest BCUT2D eigenvalue weighted by Gasteiger charge is 2.31. The minimum absolute atomic E-state index is 0.0366. The number of nitrogens with one attached hydrogen (secondary N) is 1. The van der Waals surface area contributed by atoms with Crippen LogP contribution in [-0.2, 0) is 29.2 Å². The number of nitrogens with zero attached hydrogens (tertiary/aromatic N) is 11. The summed E-state index contributed by atoms with van der Waals surface area (Å²) in [6, 6.07) is 0. The normalized spacial score (nSPS) is 16.0. The second kappa shape index (κ2) is 21.9. The van der Waals surface area contributed by atoms with E-state index in [2.05, 4.69) is 30.3 Å². The lowest BCUT2D eigenvalue weighted by Gasteiger charge is -2.17. The predicted octanol–water partition coefficient (Wildman–Crippen LogP) is 4.61. The molecule has 6 heterocycles. The monoisotopic (exact) mass is 887 g/mol. The van der Waals surface area contributed by atoms with Gasteiger partial charge in [0, 0.05) is 71.6 Å². The molecule has 3 aromatic heterocycles. The van der Waals surface area contributed by atoms with E-state index in [9.17, 15) is 30.3 Å². The van der Waals surface area contributed by atoms with Crippen molar-refractivity contribution in [2.45, 2.75) is 26.1 Å². The Hall–Kier alpha value is -5.07. The fourth-order valence-electron chi connectivity index (χ4n) is 5.15. The molecule has 296 valence electrons. The van der Waals surface area contributed by atoms with Crippen LogP contribution in [0.4, 0.5) is 0 Å². The molecule has 0 aliphatic carbocycles. The van der Waals surface area contributed by atoms with Crippen molar-refractivity contribution in [3.8, 4) is 0 Å². The summed E-state index contributed by atoms with van der Waals surface area (Å²) < 4.78 is 1.27. The van der Waals surface area contributed by atoms with Crippen LogP contribution in [0.2, 0.25) is 13.4 Å². The van der Waals surface area contributed by atoms with Gasteiger partial charge in [0.1, 0.15) is 0 Å². The van der Waals surface area contributed by atoms with Crippen molar-refractivity contribution in [2.75, 3.05) is 39.3 Å². The first-order chi connectivity index (χ1) is 26.9. The minimum Gasteiger partial charge on any atom is -0.365 e. The molecule has 20 nitrogen and oxygen atoms in total. The zero-order chi connectivity index (χ0) is 40.6. The molecular weight excluding hydrogens is 859 g/mol. The Morgan fingerprint density at radius 3 is 1.50 bits per heavy atom. The van der Waals surface area contributed by atoms with Gasteiger partial charge < -0.3 is 20.0 Å². The summed E-state index contributed by atoms with van der Waals surface area (Å²) in [5.74, 6) is 1.00. The standard InChI is InChI=1S/C19H18Cl2N8O4S2.C8H9ClN4O2S.C3H3O2/c20-18-24-8-12(34-18)10-26-6-4-22-16(26)14(28(30)31)2-1-3-15(29(32)33)17-23-5-7-27(17)11-13-9-25-19(21)35-13;9-8-11-3-6(16-8)4-12-2-1-10-7(12)5-13(14)15;4-2-1-3-5/h2-3,8-9H,1,4-7,10-11H2;3,5,10H,1-2,4H2;1-3H/q;;+1/b14-2+,15-3+;7-5+;. The van der Waals surface area contributed by atoms with Crippen molar-refractivity contribution in [2.24, 2.45) is 9.98 Å². The third-order valence-electron chi connectivity index (χ3n) is 7.37. The molecular formula is C30H30Cl3N12O8S3+. The van der Waals surface area contributed by atoms with Gasteiger partial charge in [0.25, 0.3) is 6.20 Å². The van der Waals surface area contributed by atoms with Crippen LogP contribution in [0.3, 0.4) is 0 Å². The molecule has 6 rings (SSSR count). The number of aldehydes is 2. The zero-order valence-electron chi connectivity index (χ0n) is 28.8. The largest absolute Gasteiger partial charge is 0.365 e. The van der Waals surface area contributed by atoms with Gasteiger partial charge in [-0.25, -0.2) is 24.5 Å². The van der Waals surface area contributed by atoms with Gasteiger partial charge in [0.15, 0.2) is 19.2 Å². The summed E-state index contributed by atoms with van der Waals surface area (Å²) in [5, 5.41) is 37.0. The van der Waals surface area contributed by atoms with Gasteiger partial charge in [-0.15, -0.1) is 34.0 Å². The average molecular weight is 889 g/mol. The smallest absolute Gasteiger partial charge is 0.307 e. The van der Waals surface area contributed by atoms with Crippen molar-refractivity contribution in [1.29, 1.82) is 0 Å². The Balaban J connectivity index is 0.000000273. The molecule has 0 aromatic carbocycles. The molecule has 0 spiro atoms. The number of amidine groups is 2. The topological polar surface area (TPSA) is 249 Å². The molecule has 3 aromatic rings. The maximum Gasteiger partial charge on any atom is 0.307 e. The first-order valence-corrected chi connectivity index (χ1v) is 19.6. The third kappa shape index (κ3) is 13.3. The number of rotatable bonds is 15. The molecule has 1 fully saturated rings. The Bertz CT molecular complexity index is 1950. The van der Waals surface area contributed by atoms with E-state index in [1.54, 1.807) is 28.4 Å². The molecule has 0 radical (unpaired) electrons. The van der Waals surface area contributed by atoms with Crippen LogP contribution >= 0.6 is 68.8 Å². The SMILES string of the molecule is O=C[CH+]C=O.O=[N+]([O-])/C(=C/C/C=C(\C1=NCCN1Cc1cnc(Cl)s1)[N+](=O)[O-])C1=NCCN1Cc1cnc(Cl)s1.O=[N+]([O-])/C=C1\NCCN1Cc1cnc(Cl)s1. The van der Waals surface area contributed by atoms with Crippen LogP contribution in [0.1, 0.15) is 21.1 Å². The summed E-state index contributed by atoms with van der Waals surface area (Å²) in [7, 11) is 0. The average Bonchev–Trinajstić information content (AvgIpc) is 4.01. The fourth-order valence-corrected chi connectivity index (χ4v) is 8.13. The van der Waals surface area contributed by atoms with Crippen LogP contribution in [-0.4, -0.2) is 108 Å². The molecule has 0 atom stereocenters. The van der Waals surface area contributed by atoms with E-state index in [0.29, 0.717) is 84.2 Å². The van der Waals surface area contributed by atoms with Crippen molar-refractivity contribution in [1.82, 2.24) is 35.0 Å². The molecule has 3 aliphatic heterocycles. The Morgan fingerprint density at radius 1 is 0.732 bits per heavy atom. The molecule has 0 bridgehead atoms. The van der Waals surface area contributed by atoms with E-state index < -0.39 is 14.8 Å². The lowest BCUT2D eigenvalue weighted by Crippen LogP contribution is -2.31. The van der Waals surface area contributed by atoms with E-state index in [1.165, 1.54) is 46.2 Å². The Kier molecular flexibility index (Phi) is 17.0. The second-order valence-electron chi connectivity index (χ2n) is 11.0. The predicted molar refractivity (Wildman–Crippen MR) is 211 cm³/mol. The number of thiazole rings is 3. The summed E-state index contributed by atoms with van der Waals surface area (Å²) in [6.45, 7) is 4.68. The van der Waals surface area contributed by atoms with Gasteiger partial charge in [-0.05, 0) is 6.42 Å². The number of aliphatic imine (C=N–C) groups is 2. The first kappa shape index (κ1) is 43.7. The molecule has 1 saturated heterocycles. The summed E-state index contributed by atoms with van der Waals surface area (Å²) in [6.07, 6.45) is 10.3. The van der Waals surface area contributed by atoms with E-state index >= 15 is 0 Å². The van der Waals surface area contributed by atoms with Crippen LogP contribution in [0.5, 0.6) is 0 Å². The van der Waals surface area contributed by atoms with Gasteiger partial charge in [-0.3, -0.25) is 40.3 Å². The number of halogens is 3. The van der Waals surface area contributed by atoms with Crippen LogP contribution in [0, 0.1) is 36.8 Å². The molecule has 0 amide bonds. The van der Waals surface area contributed by atoms with Gasteiger partial charge in [-0.1, -0.05) is 34.8 Å². The lowest BCUT2D eigenvalue weighted by atomic mass is 10.2. The van der Waals surface area contributed by atoms with Gasteiger partial charge in [0.2, 0.25) is 18.1 Å². The van der Waals surface area contributed by atoms with E-state index in [1.807, 2.05) is 4.90 Å². The lowest BCUT2D eigenvalue weighted by molar-refractivity contribution is -0.417. The second-order valence-corrected chi connectivity index (χ2v) is 16.1. The number of hydrogen-bond acceptors (Lipinski definition) is 20. The summed E-state index contributed by atoms with van der Waals surface area (Å²) >= 11 is 21.5. The van der Waals surface area contributed by atoms with Gasteiger partial charge in [-0.2, -0.15) is 0 Å². The number of carbonyl (C=O) groups is 2. The number of nitro groups is 3. The van der Waals surface area contributed by atoms with Crippen LogP contribution in [0.15, 0.2) is 64.1 Å². The number of carbonyl (C=O) groups excluding carboxylic acids is 2. The summed E-state index contributed by atoms with van der Waals surface area (Å²) in [4.78, 5) is 79.4. The highest BCUT2D eigenvalue weighted by atomic mass is 35.5. The van der Waals surface area contributed by atoms with E-state index in [0.717, 1.165) is 33.8 Å². The fraction of sp³-hybridized carbons (Fsp3) is 0.333. The number of allylic oxidation sites excluding steroid dienone is 2. The maximum absolute atomic E-state index is 11.8. The molecule has 1 N–H and O–H groups in total. The number of hydrogen-bond donors (Lipinski definition) is 1. The molecule has 0 unspecified atom stereocenters. The molecule has 0 saturated carbocycles. The number of aromatic nitrogens is 3. The van der Waals surface area contributed by atoms with E-state index in [-0.39, 0.29) is 29.5 Å². The third-order valence-corrected chi connectivity index (χ3v) is 10.7. The molecule has 56 heavy (non-hydrogen) atoms. The minimum atomic E-state index is -0.524. The van der Waals surface area contributed by atoms with Crippen molar-refractivity contribution < 1.29 is 24.4 Å². The van der Waals surface area contributed by atoms with Crippen LogP contribution < -0.4 is 5.32 Å². The zero-order valence-corrected chi connectivity index (χ0v) is 33.5. The van der Waals surface area contributed by atoms with Crippen molar-refractivity contribution in [3.05, 3.63) is 119 Å². The Labute approximate surface area is 345 Å². The highest BCUT2D eigenvalue weighted by Crippen LogP contribution is 2.25. The first-order valence-electron chi connectivity index (χ1n) is 16.0. The molecule has 26 heteroatoms. The molecule has 3 aliphatic rings. The van der Waals surface area contributed by atoms with Gasteiger partial charge in [0.05, 0.1) is 47.5 Å². The van der Waals surface area contributed by atoms with Crippen molar-refractivity contribution in [3.63, 3.8) is 0 Å². The van der Waals surface area contributed by atoms with E-state index in [4.69, 9.17) is 44.4 Å². The summed E-state index contributed by atoms with van der Waals surface area (Å²) in [5.41, 5.74) is -0.414. The maximum atomic E-state index is 11.8. The quantitative estimate of drug-likeness (QED) is 0.0719. The van der Waals surface area contributed by atoms with Crippen LogP contribution in [0.25, 0.3) is 0 Å². The Morgan fingerprint density at radius 2 is 1.16 bits per heavy atom. The van der Waals surface area contributed by atoms with Gasteiger partial charge >= 0.3 is 24.0 Å². The van der Waals surface area contributed by atoms with Crippen molar-refractivity contribution >= 4 is 93.1 Å². The highest BCUT2D eigenvalue weighted by molar-refractivity contribution is 7.16.